The number of hydrogen-bond acceptors (Lipinski definition) is 5. The molecule has 0 fully saturated rings. The number of aromatic nitrogens is 1. The lowest BCUT2D eigenvalue weighted by atomic mass is 10.2. The summed E-state index contributed by atoms with van der Waals surface area (Å²) in [5, 5.41) is 0.156. The van der Waals surface area contributed by atoms with Crippen molar-refractivity contribution in [3.8, 4) is 0 Å². The minimum atomic E-state index is -3.69. The van der Waals surface area contributed by atoms with Gasteiger partial charge in [0.05, 0.1) is 10.5 Å². The Hall–Kier alpha value is -1.15. The predicted octanol–water partition coefficient (Wildman–Crippen LogP) is 2.17. The Bertz CT molecular complexity index is 684. The summed E-state index contributed by atoms with van der Waals surface area (Å²) in [6, 6.07) is 2.91. The number of aryl methyl sites for hydroxylation is 1. The van der Waals surface area contributed by atoms with Gasteiger partial charge in [0.2, 0.25) is 10.0 Å². The average molecular weight is 318 g/mol. The van der Waals surface area contributed by atoms with E-state index in [-0.39, 0.29) is 16.5 Å². The summed E-state index contributed by atoms with van der Waals surface area (Å²) in [7, 11) is -3.69. The molecule has 0 aliphatic rings. The zero-order valence-electron chi connectivity index (χ0n) is 10.1. The van der Waals surface area contributed by atoms with E-state index in [4.69, 9.17) is 17.3 Å². The molecule has 2 rings (SSSR count). The van der Waals surface area contributed by atoms with Crippen molar-refractivity contribution in [1.82, 2.24) is 9.71 Å². The highest BCUT2D eigenvalue weighted by Crippen LogP contribution is 2.26. The van der Waals surface area contributed by atoms with Crippen molar-refractivity contribution in [2.45, 2.75) is 18.4 Å². The van der Waals surface area contributed by atoms with Crippen molar-refractivity contribution in [2.24, 2.45) is 0 Å². The third kappa shape index (κ3) is 3.24. The summed E-state index contributed by atoms with van der Waals surface area (Å²) >= 11 is 7.34. The minimum absolute atomic E-state index is 0.0122. The molecular weight excluding hydrogens is 306 g/mol. The second kappa shape index (κ2) is 5.46. The van der Waals surface area contributed by atoms with Gasteiger partial charge < -0.3 is 5.73 Å². The van der Waals surface area contributed by atoms with E-state index in [1.165, 1.54) is 23.5 Å². The van der Waals surface area contributed by atoms with Crippen molar-refractivity contribution in [2.75, 3.05) is 5.73 Å². The first kappa shape index (κ1) is 14.3. The number of nitrogens with zero attached hydrogens (tertiary/aromatic N) is 1. The van der Waals surface area contributed by atoms with Gasteiger partial charge >= 0.3 is 0 Å². The van der Waals surface area contributed by atoms with Gasteiger partial charge in [0.15, 0.2) is 0 Å². The first-order valence-corrected chi connectivity index (χ1v) is 8.07. The lowest BCUT2D eigenvalue weighted by Gasteiger charge is -2.10. The van der Waals surface area contributed by atoms with Crippen molar-refractivity contribution in [1.29, 1.82) is 0 Å². The highest BCUT2D eigenvalue weighted by molar-refractivity contribution is 7.89. The number of anilines is 1. The van der Waals surface area contributed by atoms with Crippen LogP contribution in [0.15, 0.2) is 28.7 Å². The van der Waals surface area contributed by atoms with Crippen molar-refractivity contribution < 1.29 is 8.42 Å². The van der Waals surface area contributed by atoms with Gasteiger partial charge in [0, 0.05) is 23.3 Å². The monoisotopic (exact) mass is 317 g/mol. The molecule has 102 valence electrons. The maximum Gasteiger partial charge on any atom is 0.242 e. The summed E-state index contributed by atoms with van der Waals surface area (Å²) in [6.07, 6.45) is 1.61. The molecule has 0 unspecified atom stereocenters. The summed E-state index contributed by atoms with van der Waals surface area (Å²) < 4.78 is 26.8. The summed E-state index contributed by atoms with van der Waals surface area (Å²) in [5.74, 6) is 0. The Morgan fingerprint density at radius 2 is 2.21 bits per heavy atom. The second-order valence-corrected chi connectivity index (χ2v) is 7.04. The fourth-order valence-corrected chi connectivity index (χ4v) is 3.70. The smallest absolute Gasteiger partial charge is 0.242 e. The fraction of sp³-hybridized carbons (Fsp3) is 0.182. The maximum atomic E-state index is 12.1. The van der Waals surface area contributed by atoms with E-state index >= 15 is 0 Å². The van der Waals surface area contributed by atoms with Crippen LogP contribution in [0.5, 0.6) is 0 Å². The summed E-state index contributed by atoms with van der Waals surface area (Å²) in [4.78, 5) is 4.68. The van der Waals surface area contributed by atoms with Crippen LogP contribution in [0.4, 0.5) is 5.69 Å². The zero-order chi connectivity index (χ0) is 14.0. The minimum Gasteiger partial charge on any atom is -0.398 e. The van der Waals surface area contributed by atoms with Crippen LogP contribution in [0.3, 0.4) is 0 Å². The Morgan fingerprint density at radius 1 is 1.47 bits per heavy atom. The molecule has 3 N–H and O–H groups in total. The van der Waals surface area contributed by atoms with E-state index in [1.807, 2.05) is 0 Å². The van der Waals surface area contributed by atoms with Gasteiger partial charge in [0.1, 0.15) is 4.90 Å². The van der Waals surface area contributed by atoms with Crippen LogP contribution in [0.1, 0.15) is 10.4 Å². The summed E-state index contributed by atoms with van der Waals surface area (Å²) in [5.41, 5.74) is 8.49. The largest absolute Gasteiger partial charge is 0.398 e. The normalized spacial score (nSPS) is 11.7. The van der Waals surface area contributed by atoms with Gasteiger partial charge in [-0.05, 0) is 24.6 Å². The molecule has 19 heavy (non-hydrogen) atoms. The number of thiazole rings is 1. The molecule has 0 aliphatic heterocycles. The van der Waals surface area contributed by atoms with Crippen LogP contribution in [-0.2, 0) is 16.6 Å². The molecule has 1 aromatic carbocycles. The lowest BCUT2D eigenvalue weighted by Crippen LogP contribution is -2.23. The first-order valence-electron chi connectivity index (χ1n) is 5.33. The Morgan fingerprint density at radius 3 is 2.84 bits per heavy atom. The van der Waals surface area contributed by atoms with Crippen molar-refractivity contribution in [3.63, 3.8) is 0 Å². The lowest BCUT2D eigenvalue weighted by molar-refractivity contribution is 0.582. The maximum absolute atomic E-state index is 12.1. The second-order valence-electron chi connectivity index (χ2n) is 3.93. The molecule has 5 nitrogen and oxygen atoms in total. The number of nitrogens with one attached hydrogen (secondary N) is 1. The molecule has 0 saturated carbocycles. The summed E-state index contributed by atoms with van der Waals surface area (Å²) in [6.45, 7) is 1.94. The third-order valence-corrected chi connectivity index (χ3v) is 5.18. The predicted molar refractivity (Wildman–Crippen MR) is 76.7 cm³/mol. The van der Waals surface area contributed by atoms with Crippen molar-refractivity contribution in [3.05, 3.63) is 39.3 Å². The topological polar surface area (TPSA) is 85.1 Å². The van der Waals surface area contributed by atoms with Gasteiger partial charge in [-0.1, -0.05) is 11.6 Å². The van der Waals surface area contributed by atoms with E-state index in [1.54, 1.807) is 18.6 Å². The van der Waals surface area contributed by atoms with Crippen LogP contribution < -0.4 is 10.5 Å². The SMILES string of the molecule is Cc1cc(Cl)c(S(=O)(=O)NCc2cncs2)cc1N. The molecule has 0 aliphatic carbocycles. The van der Waals surface area contributed by atoms with Gasteiger partial charge in [-0.2, -0.15) is 0 Å². The Kier molecular flexibility index (Phi) is 4.10. The molecule has 2 aromatic rings. The third-order valence-electron chi connectivity index (χ3n) is 2.53. The van der Waals surface area contributed by atoms with Crippen LogP contribution in [0, 0.1) is 6.92 Å². The number of rotatable bonds is 4. The van der Waals surface area contributed by atoms with Crippen molar-refractivity contribution >= 4 is 38.6 Å². The molecule has 0 spiro atoms. The number of benzene rings is 1. The van der Waals surface area contributed by atoms with E-state index in [2.05, 4.69) is 9.71 Å². The number of hydrogen-bond donors (Lipinski definition) is 2. The van der Waals surface area contributed by atoms with Crippen LogP contribution in [0.2, 0.25) is 5.02 Å². The number of nitrogens with two attached hydrogens (primary N) is 1. The number of halogens is 1. The molecule has 8 heteroatoms. The fourth-order valence-electron chi connectivity index (χ4n) is 1.45. The standard InChI is InChI=1S/C11H12ClN3O2S2/c1-7-2-9(12)11(3-10(7)13)19(16,17)15-5-8-4-14-6-18-8/h2-4,6,15H,5,13H2,1H3. The van der Waals surface area contributed by atoms with E-state index in [9.17, 15) is 8.42 Å². The first-order chi connectivity index (χ1) is 8.90. The van der Waals surface area contributed by atoms with Gasteiger partial charge in [-0.25, -0.2) is 13.1 Å². The van der Waals surface area contributed by atoms with Gasteiger partial charge in [-0.3, -0.25) is 4.98 Å². The quantitative estimate of drug-likeness (QED) is 0.846. The van der Waals surface area contributed by atoms with Gasteiger partial charge in [0.25, 0.3) is 0 Å². The Balaban J connectivity index is 2.27. The average Bonchev–Trinajstić information content (AvgIpc) is 2.84. The van der Waals surface area contributed by atoms with Crippen LogP contribution in [-0.4, -0.2) is 13.4 Å². The van der Waals surface area contributed by atoms with Crippen LogP contribution in [0.25, 0.3) is 0 Å². The van der Waals surface area contributed by atoms with Crippen LogP contribution >= 0.6 is 22.9 Å². The highest BCUT2D eigenvalue weighted by Gasteiger charge is 2.19. The zero-order valence-corrected chi connectivity index (χ0v) is 12.4. The molecule has 0 amide bonds. The van der Waals surface area contributed by atoms with Gasteiger partial charge in [-0.15, -0.1) is 11.3 Å². The molecule has 0 atom stereocenters. The van der Waals surface area contributed by atoms with E-state index in [0.29, 0.717) is 5.69 Å². The van der Waals surface area contributed by atoms with E-state index < -0.39 is 10.0 Å². The molecule has 0 saturated heterocycles. The van der Waals surface area contributed by atoms with E-state index in [0.717, 1.165) is 10.4 Å². The number of nitrogen functional groups attached to an aromatic ring is 1. The molecule has 1 heterocycles. The molecular formula is C11H12ClN3O2S2. The molecule has 0 radical (unpaired) electrons. The number of sulfonamides is 1. The molecule has 0 bridgehead atoms. The highest BCUT2D eigenvalue weighted by atomic mass is 35.5. The molecule has 1 aromatic heterocycles. The Labute approximate surface area is 120 Å².